The summed E-state index contributed by atoms with van der Waals surface area (Å²) in [5.74, 6) is -0.571. The zero-order chi connectivity index (χ0) is 24.0. The van der Waals surface area contributed by atoms with E-state index >= 15 is 0 Å². The van der Waals surface area contributed by atoms with Gasteiger partial charge < -0.3 is 14.8 Å². The van der Waals surface area contributed by atoms with Crippen molar-refractivity contribution in [3.05, 3.63) is 99.5 Å². The average molecular weight is 453 g/mol. The first kappa shape index (κ1) is 21.5. The normalized spacial score (nSPS) is 12.2. The van der Waals surface area contributed by atoms with Gasteiger partial charge in [-0.05, 0) is 62.7 Å². The smallest absolute Gasteiger partial charge is 0.337 e. The number of aryl methyl sites for hydroxylation is 2. The van der Waals surface area contributed by atoms with Gasteiger partial charge in [0.05, 0.1) is 28.2 Å². The zero-order valence-electron chi connectivity index (χ0n) is 19.0. The molecule has 0 spiro atoms. The summed E-state index contributed by atoms with van der Waals surface area (Å²) in [5, 5.41) is 17.7. The van der Waals surface area contributed by atoms with E-state index < -0.39 is 5.97 Å². The number of nitrogens with one attached hydrogen (secondary N) is 1. The van der Waals surface area contributed by atoms with Gasteiger partial charge in [0.15, 0.2) is 5.43 Å². The Hall–Kier alpha value is -4.39. The van der Waals surface area contributed by atoms with Gasteiger partial charge in [0.2, 0.25) is 0 Å². The maximum absolute atomic E-state index is 13.1. The highest BCUT2D eigenvalue weighted by molar-refractivity contribution is 5.94. The van der Waals surface area contributed by atoms with Crippen LogP contribution in [-0.4, -0.2) is 20.7 Å². The molecule has 0 aliphatic heterocycles. The Morgan fingerprint density at radius 3 is 2.68 bits per heavy atom. The van der Waals surface area contributed by atoms with Crippen LogP contribution in [0.5, 0.6) is 0 Å². The Labute approximate surface area is 195 Å². The number of nitrogens with zero attached hydrogens (tertiary/aromatic N) is 2. The molecular weight excluding hydrogens is 430 g/mol. The van der Waals surface area contributed by atoms with Crippen molar-refractivity contribution in [1.29, 1.82) is 0 Å². The quantitative estimate of drug-likeness (QED) is 0.360. The number of rotatable bonds is 5. The molecule has 2 N–H and O–H groups in total. The molecule has 0 aliphatic rings. The van der Waals surface area contributed by atoms with E-state index in [1.807, 2.05) is 57.3 Å². The van der Waals surface area contributed by atoms with Gasteiger partial charge in [0.25, 0.3) is 0 Å². The molecule has 0 aliphatic carbocycles. The average Bonchev–Trinajstić information content (AvgIpc) is 3.18. The summed E-state index contributed by atoms with van der Waals surface area (Å²) in [4.78, 5) is 24.7. The third kappa shape index (κ3) is 3.81. The second-order valence-corrected chi connectivity index (χ2v) is 8.50. The fraction of sp³-hybridized carbons (Fsp3) is 0.148. The number of aromatic nitrogens is 2. The van der Waals surface area contributed by atoms with E-state index in [0.29, 0.717) is 22.4 Å². The third-order valence-electron chi connectivity index (χ3n) is 5.86. The van der Waals surface area contributed by atoms with E-state index in [4.69, 9.17) is 4.42 Å². The summed E-state index contributed by atoms with van der Waals surface area (Å²) in [6, 6.07) is 17.5. The van der Waals surface area contributed by atoms with Crippen molar-refractivity contribution in [2.24, 2.45) is 0 Å². The summed E-state index contributed by atoms with van der Waals surface area (Å²) in [5.41, 5.74) is 5.27. The molecule has 170 valence electrons. The van der Waals surface area contributed by atoms with Crippen molar-refractivity contribution in [3.63, 3.8) is 0 Å². The maximum Gasteiger partial charge on any atom is 0.337 e. The number of carboxylic acids is 1. The molecule has 0 unspecified atom stereocenters. The van der Waals surface area contributed by atoms with Crippen LogP contribution in [0.3, 0.4) is 0 Å². The number of hydrogen-bond donors (Lipinski definition) is 2. The van der Waals surface area contributed by atoms with Crippen molar-refractivity contribution >= 4 is 28.1 Å². The SMILES string of the molecule is Cc1cc([C@@H](C)Nc2ccccc2C(=O)O)c2oc(-c3ccc4cc(C)nn4c3)cc(=O)c2c1. The van der Waals surface area contributed by atoms with Crippen LogP contribution in [0.15, 0.2) is 76.1 Å². The lowest BCUT2D eigenvalue weighted by Crippen LogP contribution is -2.12. The topological polar surface area (TPSA) is 96.8 Å². The number of para-hydroxylation sites is 1. The second-order valence-electron chi connectivity index (χ2n) is 8.50. The monoisotopic (exact) mass is 453 g/mol. The van der Waals surface area contributed by atoms with Crippen LogP contribution in [0.25, 0.3) is 27.8 Å². The highest BCUT2D eigenvalue weighted by Crippen LogP contribution is 2.31. The number of anilines is 1. The van der Waals surface area contributed by atoms with Gasteiger partial charge in [-0.25, -0.2) is 9.31 Å². The summed E-state index contributed by atoms with van der Waals surface area (Å²) in [6.07, 6.45) is 1.84. The molecule has 7 heteroatoms. The van der Waals surface area contributed by atoms with Crippen molar-refractivity contribution < 1.29 is 14.3 Å². The van der Waals surface area contributed by atoms with Crippen LogP contribution in [0.2, 0.25) is 0 Å². The molecule has 1 atom stereocenters. The van der Waals surface area contributed by atoms with Crippen molar-refractivity contribution in [3.8, 4) is 11.3 Å². The Bertz CT molecular complexity index is 1630. The summed E-state index contributed by atoms with van der Waals surface area (Å²) in [7, 11) is 0. The van der Waals surface area contributed by atoms with Gasteiger partial charge >= 0.3 is 5.97 Å². The van der Waals surface area contributed by atoms with Crippen molar-refractivity contribution in [1.82, 2.24) is 9.61 Å². The molecule has 2 aromatic carbocycles. The molecule has 0 bridgehead atoms. The number of fused-ring (bicyclic) bond motifs is 2. The minimum Gasteiger partial charge on any atom is -0.478 e. The molecule has 0 saturated carbocycles. The minimum absolute atomic E-state index is 0.143. The Morgan fingerprint density at radius 1 is 1.09 bits per heavy atom. The van der Waals surface area contributed by atoms with Crippen molar-refractivity contribution in [2.45, 2.75) is 26.8 Å². The number of carboxylic acid groups (broad SMARTS) is 1. The highest BCUT2D eigenvalue weighted by atomic mass is 16.4. The lowest BCUT2D eigenvalue weighted by Gasteiger charge is -2.19. The van der Waals surface area contributed by atoms with Gasteiger partial charge in [-0.1, -0.05) is 18.2 Å². The summed E-state index contributed by atoms with van der Waals surface area (Å²) in [6.45, 7) is 5.76. The molecule has 0 amide bonds. The third-order valence-corrected chi connectivity index (χ3v) is 5.86. The molecule has 5 aromatic rings. The van der Waals surface area contributed by atoms with E-state index in [-0.39, 0.29) is 17.0 Å². The number of aromatic carboxylic acids is 1. The molecule has 34 heavy (non-hydrogen) atoms. The van der Waals surface area contributed by atoms with Gasteiger partial charge in [0.1, 0.15) is 11.3 Å². The van der Waals surface area contributed by atoms with Crippen molar-refractivity contribution in [2.75, 3.05) is 5.32 Å². The number of hydrogen-bond acceptors (Lipinski definition) is 5. The van der Waals surface area contributed by atoms with Gasteiger partial charge in [-0.3, -0.25) is 4.79 Å². The van der Waals surface area contributed by atoms with E-state index in [9.17, 15) is 14.7 Å². The lowest BCUT2D eigenvalue weighted by atomic mass is 10.00. The predicted octanol–water partition coefficient (Wildman–Crippen LogP) is 5.60. The lowest BCUT2D eigenvalue weighted by molar-refractivity contribution is 0.0698. The molecule has 5 rings (SSSR count). The largest absolute Gasteiger partial charge is 0.478 e. The first-order valence-electron chi connectivity index (χ1n) is 10.9. The van der Waals surface area contributed by atoms with Crippen LogP contribution >= 0.6 is 0 Å². The fourth-order valence-corrected chi connectivity index (χ4v) is 4.27. The molecule has 0 radical (unpaired) electrons. The van der Waals surface area contributed by atoms with Gasteiger partial charge in [0, 0.05) is 29.1 Å². The minimum atomic E-state index is -1.01. The summed E-state index contributed by atoms with van der Waals surface area (Å²) < 4.78 is 8.07. The Kier molecular flexibility index (Phi) is 5.17. The molecule has 0 saturated heterocycles. The summed E-state index contributed by atoms with van der Waals surface area (Å²) >= 11 is 0. The van der Waals surface area contributed by atoms with E-state index in [2.05, 4.69) is 10.4 Å². The first-order chi connectivity index (χ1) is 16.3. The molecular formula is C27H23N3O4. The molecule has 7 nitrogen and oxygen atoms in total. The van der Waals surface area contributed by atoms with Gasteiger partial charge in [-0.15, -0.1) is 0 Å². The highest BCUT2D eigenvalue weighted by Gasteiger charge is 2.18. The van der Waals surface area contributed by atoms with Crippen LogP contribution < -0.4 is 10.7 Å². The molecule has 3 aromatic heterocycles. The maximum atomic E-state index is 13.1. The van der Waals surface area contributed by atoms with Crippen LogP contribution in [0.1, 0.15) is 40.1 Å². The Balaban J connectivity index is 1.64. The predicted molar refractivity (Wildman–Crippen MR) is 132 cm³/mol. The van der Waals surface area contributed by atoms with Crippen LogP contribution in [0, 0.1) is 13.8 Å². The van der Waals surface area contributed by atoms with E-state index in [1.54, 1.807) is 28.8 Å². The van der Waals surface area contributed by atoms with Crippen LogP contribution in [0.4, 0.5) is 5.69 Å². The molecule has 0 fully saturated rings. The number of benzene rings is 2. The second kappa shape index (κ2) is 8.19. The van der Waals surface area contributed by atoms with E-state index in [1.165, 1.54) is 6.07 Å². The molecule has 3 heterocycles. The first-order valence-corrected chi connectivity index (χ1v) is 10.9. The zero-order valence-corrected chi connectivity index (χ0v) is 19.0. The van der Waals surface area contributed by atoms with E-state index in [0.717, 1.165) is 27.9 Å². The number of carbonyl (C=O) groups is 1. The standard InChI is InChI=1S/C27H23N3O4/c1-15-10-21(17(3)28-23-7-5-4-6-20(23)27(32)33)26-22(11-15)24(31)13-25(34-26)18-8-9-19-12-16(2)29-30(19)14-18/h4-14,17,28H,1-3H3,(H,32,33)/t17-/m1/s1. The van der Waals surface area contributed by atoms with Gasteiger partial charge in [-0.2, -0.15) is 5.10 Å². The van der Waals surface area contributed by atoms with Crippen LogP contribution in [-0.2, 0) is 0 Å². The Morgan fingerprint density at radius 2 is 1.88 bits per heavy atom. The fourth-order valence-electron chi connectivity index (χ4n) is 4.27. The number of pyridine rings is 1.